The van der Waals surface area contributed by atoms with Gasteiger partial charge < -0.3 is 0 Å². The Balaban J connectivity index is 2.47. The third-order valence-corrected chi connectivity index (χ3v) is 5.86. The summed E-state index contributed by atoms with van der Waals surface area (Å²) in [5.74, 6) is 0.722. The Labute approximate surface area is 136 Å². The van der Waals surface area contributed by atoms with E-state index in [1.54, 1.807) is 0 Å². The van der Waals surface area contributed by atoms with Crippen LogP contribution in [0.15, 0.2) is 34.4 Å². The molecule has 1 heteroatoms. The van der Waals surface area contributed by atoms with Crippen LogP contribution in [0.2, 0.25) is 0 Å². The lowest BCUT2D eigenvalue weighted by Gasteiger charge is -2.43. The molecule has 0 heterocycles. The first kappa shape index (κ1) is 17.1. The molecule has 0 radical (unpaired) electrons. The zero-order valence-electron chi connectivity index (χ0n) is 15.0. The van der Waals surface area contributed by atoms with Crippen LogP contribution in [0.3, 0.4) is 0 Å². The molecule has 2 bridgehead atoms. The maximum atomic E-state index is 9.79. The van der Waals surface area contributed by atoms with E-state index in [9.17, 15) is 5.26 Å². The van der Waals surface area contributed by atoms with Crippen molar-refractivity contribution in [3.05, 3.63) is 34.4 Å². The van der Waals surface area contributed by atoms with E-state index < -0.39 is 0 Å². The van der Waals surface area contributed by atoms with Gasteiger partial charge in [0.1, 0.15) is 0 Å². The Hall–Kier alpha value is -1.29. The summed E-state index contributed by atoms with van der Waals surface area (Å²) in [6.45, 7) is 11.5. The smallest absolute Gasteiger partial charge is 0.0717 e. The number of allylic oxidation sites excluding steroid dienone is 6. The molecule has 0 aliphatic heterocycles. The normalized spacial score (nSPS) is 32.0. The van der Waals surface area contributed by atoms with Crippen LogP contribution in [0.1, 0.15) is 73.1 Å². The summed E-state index contributed by atoms with van der Waals surface area (Å²) in [7, 11) is 0. The lowest BCUT2D eigenvalue weighted by atomic mass is 9.60. The Morgan fingerprint density at radius 3 is 2.50 bits per heavy atom. The van der Waals surface area contributed by atoms with Crippen LogP contribution in [0.4, 0.5) is 0 Å². The van der Waals surface area contributed by atoms with Crippen molar-refractivity contribution in [2.24, 2.45) is 17.3 Å². The monoisotopic (exact) mass is 297 g/mol. The minimum Gasteiger partial charge on any atom is -0.198 e. The van der Waals surface area contributed by atoms with Gasteiger partial charge in [-0.1, -0.05) is 42.7 Å². The topological polar surface area (TPSA) is 23.8 Å². The molecule has 0 aromatic carbocycles. The molecule has 0 saturated carbocycles. The maximum absolute atomic E-state index is 9.79. The second kappa shape index (κ2) is 6.86. The van der Waals surface area contributed by atoms with Crippen molar-refractivity contribution in [1.29, 1.82) is 5.26 Å². The van der Waals surface area contributed by atoms with Crippen molar-refractivity contribution in [3.63, 3.8) is 0 Å². The number of rotatable bonds is 0. The largest absolute Gasteiger partial charge is 0.198 e. The van der Waals surface area contributed by atoms with Gasteiger partial charge in [0.15, 0.2) is 0 Å². The third kappa shape index (κ3) is 3.54. The minimum atomic E-state index is 0.0542. The van der Waals surface area contributed by atoms with Crippen molar-refractivity contribution in [2.45, 2.75) is 73.1 Å². The lowest BCUT2D eigenvalue weighted by molar-refractivity contribution is 0.214. The molecule has 2 aliphatic carbocycles. The average molecular weight is 297 g/mol. The van der Waals surface area contributed by atoms with Crippen molar-refractivity contribution in [3.8, 4) is 6.07 Å². The Kier molecular flexibility index (Phi) is 5.32. The van der Waals surface area contributed by atoms with Gasteiger partial charge in [0.2, 0.25) is 0 Å². The molecular weight excluding hydrogens is 266 g/mol. The predicted molar refractivity (Wildman–Crippen MR) is 94.3 cm³/mol. The van der Waals surface area contributed by atoms with E-state index in [0.717, 1.165) is 32.1 Å². The SMILES string of the molecule is CC1=CC[C@H]2CCC(C)=C([C@@H](C#N)C/C(C)=C/CC1)C2(C)C. The fourth-order valence-corrected chi connectivity index (χ4v) is 4.42. The Morgan fingerprint density at radius 1 is 1.09 bits per heavy atom. The van der Waals surface area contributed by atoms with Gasteiger partial charge in [0.05, 0.1) is 12.0 Å². The molecule has 0 spiro atoms. The number of fused-ring (bicyclic) bond motifs is 2. The molecule has 0 saturated heterocycles. The van der Waals surface area contributed by atoms with E-state index in [1.807, 2.05) is 0 Å². The summed E-state index contributed by atoms with van der Waals surface area (Å²) in [5, 5.41) is 9.79. The molecule has 22 heavy (non-hydrogen) atoms. The number of nitrogens with zero attached hydrogens (tertiary/aromatic N) is 1. The first-order valence-corrected chi connectivity index (χ1v) is 8.77. The fraction of sp³-hybridized carbons (Fsp3) is 0.667. The van der Waals surface area contributed by atoms with Gasteiger partial charge in [-0.3, -0.25) is 0 Å². The van der Waals surface area contributed by atoms with Crippen LogP contribution in [0.25, 0.3) is 0 Å². The highest BCUT2D eigenvalue weighted by Gasteiger charge is 2.40. The molecule has 2 atom stereocenters. The van der Waals surface area contributed by atoms with Gasteiger partial charge in [-0.25, -0.2) is 0 Å². The van der Waals surface area contributed by atoms with Gasteiger partial charge in [0, 0.05) is 0 Å². The van der Waals surface area contributed by atoms with E-state index in [2.05, 4.69) is 52.8 Å². The molecule has 0 fully saturated rings. The Morgan fingerprint density at radius 2 is 1.82 bits per heavy atom. The highest BCUT2D eigenvalue weighted by Crippen LogP contribution is 2.50. The maximum Gasteiger partial charge on any atom is 0.0717 e. The number of hydrogen-bond acceptors (Lipinski definition) is 1. The van der Waals surface area contributed by atoms with Crippen LogP contribution in [-0.4, -0.2) is 0 Å². The highest BCUT2D eigenvalue weighted by atomic mass is 14.4. The molecule has 0 aromatic rings. The molecule has 0 aromatic heterocycles. The molecule has 120 valence electrons. The lowest BCUT2D eigenvalue weighted by Crippen LogP contribution is -2.34. The van der Waals surface area contributed by atoms with Crippen molar-refractivity contribution in [1.82, 2.24) is 0 Å². The summed E-state index contributed by atoms with van der Waals surface area (Å²) < 4.78 is 0. The van der Waals surface area contributed by atoms with E-state index in [-0.39, 0.29) is 11.3 Å². The molecule has 2 rings (SSSR count). The quantitative estimate of drug-likeness (QED) is 0.478. The Bertz CT molecular complexity index is 551. The highest BCUT2D eigenvalue weighted by molar-refractivity contribution is 5.32. The molecule has 1 nitrogen and oxygen atoms in total. The van der Waals surface area contributed by atoms with Crippen molar-refractivity contribution >= 4 is 0 Å². The van der Waals surface area contributed by atoms with Gasteiger partial charge in [0.25, 0.3) is 0 Å². The fourth-order valence-electron chi connectivity index (χ4n) is 4.42. The third-order valence-electron chi connectivity index (χ3n) is 5.86. The van der Waals surface area contributed by atoms with E-state index in [4.69, 9.17) is 0 Å². The number of hydrogen-bond donors (Lipinski definition) is 0. The van der Waals surface area contributed by atoms with Gasteiger partial charge in [-0.05, 0) is 76.2 Å². The standard InChI is InChI=1S/C21H31N/c1-15-7-6-8-16(2)13-18(14-22)20-17(3)10-12-19(11-9-15)21(20,4)5/h8-9,18-19H,6-7,10-13H2,1-5H3/b15-9?,16-8+/t18-,19+/m1/s1. The van der Waals surface area contributed by atoms with Crippen molar-refractivity contribution < 1.29 is 0 Å². The van der Waals surface area contributed by atoms with Crippen LogP contribution >= 0.6 is 0 Å². The summed E-state index contributed by atoms with van der Waals surface area (Å²) in [6.07, 6.45) is 11.6. The summed E-state index contributed by atoms with van der Waals surface area (Å²) in [6, 6.07) is 2.62. The number of nitriles is 1. The van der Waals surface area contributed by atoms with E-state index in [1.165, 1.54) is 28.7 Å². The first-order valence-electron chi connectivity index (χ1n) is 8.77. The summed E-state index contributed by atoms with van der Waals surface area (Å²) in [4.78, 5) is 0. The van der Waals surface area contributed by atoms with E-state index in [0.29, 0.717) is 5.92 Å². The molecule has 0 unspecified atom stereocenters. The summed E-state index contributed by atoms with van der Waals surface area (Å²) in [5.41, 5.74) is 5.94. The molecule has 2 aliphatic rings. The van der Waals surface area contributed by atoms with Crippen LogP contribution in [0.5, 0.6) is 0 Å². The van der Waals surface area contributed by atoms with Crippen LogP contribution in [-0.2, 0) is 0 Å². The van der Waals surface area contributed by atoms with Crippen LogP contribution < -0.4 is 0 Å². The van der Waals surface area contributed by atoms with Crippen LogP contribution in [0, 0.1) is 28.6 Å². The summed E-state index contributed by atoms with van der Waals surface area (Å²) >= 11 is 0. The van der Waals surface area contributed by atoms with Gasteiger partial charge in [-0.2, -0.15) is 5.26 Å². The minimum absolute atomic E-state index is 0.0542. The predicted octanol–water partition coefficient (Wildman–Crippen LogP) is 6.35. The van der Waals surface area contributed by atoms with Crippen molar-refractivity contribution in [2.75, 3.05) is 0 Å². The second-order valence-corrected chi connectivity index (χ2v) is 7.91. The molecule has 0 N–H and O–H groups in total. The zero-order valence-corrected chi connectivity index (χ0v) is 15.0. The van der Waals surface area contributed by atoms with Gasteiger partial charge >= 0.3 is 0 Å². The second-order valence-electron chi connectivity index (χ2n) is 7.91. The molecule has 0 amide bonds. The zero-order chi connectivity index (χ0) is 16.3. The average Bonchev–Trinajstić information content (AvgIpc) is 2.43. The van der Waals surface area contributed by atoms with E-state index >= 15 is 0 Å². The molecular formula is C21H31N. The first-order chi connectivity index (χ1) is 10.4. The van der Waals surface area contributed by atoms with Gasteiger partial charge in [-0.15, -0.1) is 0 Å².